The molecule has 1 aliphatic heterocycles. The SMILES string of the molecule is Cc1cccc(/C=C2\SC(=O)N(c3ccc(C)cc3C)C2=O)c1. The fourth-order valence-electron chi connectivity index (χ4n) is 2.64. The summed E-state index contributed by atoms with van der Waals surface area (Å²) in [4.78, 5) is 26.7. The van der Waals surface area contributed by atoms with Crippen molar-refractivity contribution in [2.75, 3.05) is 4.90 Å². The third kappa shape index (κ3) is 3.08. The molecule has 2 aromatic rings. The highest BCUT2D eigenvalue weighted by Gasteiger charge is 2.36. The number of benzene rings is 2. The van der Waals surface area contributed by atoms with E-state index in [0.717, 1.165) is 34.0 Å². The summed E-state index contributed by atoms with van der Waals surface area (Å²) in [5.74, 6) is -0.256. The van der Waals surface area contributed by atoms with Crippen molar-refractivity contribution >= 4 is 34.7 Å². The van der Waals surface area contributed by atoms with Gasteiger partial charge in [-0.2, -0.15) is 0 Å². The van der Waals surface area contributed by atoms with Crippen LogP contribution in [0.1, 0.15) is 22.3 Å². The van der Waals surface area contributed by atoms with Crippen molar-refractivity contribution in [1.82, 2.24) is 0 Å². The molecule has 116 valence electrons. The Morgan fingerprint density at radius 1 is 0.957 bits per heavy atom. The van der Waals surface area contributed by atoms with Crippen molar-refractivity contribution in [2.45, 2.75) is 20.8 Å². The third-order valence-electron chi connectivity index (χ3n) is 3.73. The third-order valence-corrected chi connectivity index (χ3v) is 4.60. The maximum Gasteiger partial charge on any atom is 0.298 e. The van der Waals surface area contributed by atoms with Gasteiger partial charge in [0.1, 0.15) is 0 Å². The fourth-order valence-corrected chi connectivity index (χ4v) is 3.48. The van der Waals surface area contributed by atoms with Crippen LogP contribution in [0.2, 0.25) is 0 Å². The second-order valence-electron chi connectivity index (χ2n) is 5.72. The number of hydrogen-bond acceptors (Lipinski definition) is 3. The summed E-state index contributed by atoms with van der Waals surface area (Å²) in [5, 5.41) is -0.249. The summed E-state index contributed by atoms with van der Waals surface area (Å²) in [7, 11) is 0. The van der Waals surface area contributed by atoms with E-state index in [9.17, 15) is 9.59 Å². The highest BCUT2D eigenvalue weighted by atomic mass is 32.2. The van der Waals surface area contributed by atoms with Crippen LogP contribution in [0.15, 0.2) is 47.4 Å². The van der Waals surface area contributed by atoms with Gasteiger partial charge < -0.3 is 0 Å². The van der Waals surface area contributed by atoms with E-state index in [1.54, 1.807) is 6.08 Å². The zero-order chi connectivity index (χ0) is 16.6. The molecule has 4 heteroatoms. The highest BCUT2D eigenvalue weighted by molar-refractivity contribution is 8.19. The van der Waals surface area contributed by atoms with Gasteiger partial charge in [-0.3, -0.25) is 9.59 Å². The van der Waals surface area contributed by atoms with Crippen LogP contribution in [-0.4, -0.2) is 11.1 Å². The first-order valence-electron chi connectivity index (χ1n) is 7.37. The van der Waals surface area contributed by atoms with E-state index in [-0.39, 0.29) is 11.1 Å². The van der Waals surface area contributed by atoms with E-state index in [0.29, 0.717) is 10.6 Å². The molecule has 0 aromatic heterocycles. The Morgan fingerprint density at radius 2 is 1.70 bits per heavy atom. The van der Waals surface area contributed by atoms with Gasteiger partial charge in [0.15, 0.2) is 0 Å². The summed E-state index contributed by atoms with van der Waals surface area (Å²) in [5.41, 5.74) is 4.73. The monoisotopic (exact) mass is 323 g/mol. The normalized spacial score (nSPS) is 16.5. The molecule has 3 rings (SSSR count). The summed E-state index contributed by atoms with van der Waals surface area (Å²) < 4.78 is 0. The Labute approximate surface area is 140 Å². The highest BCUT2D eigenvalue weighted by Crippen LogP contribution is 2.37. The number of nitrogens with zero attached hydrogens (tertiary/aromatic N) is 1. The van der Waals surface area contributed by atoms with Gasteiger partial charge in [0.05, 0.1) is 10.6 Å². The number of aryl methyl sites for hydroxylation is 3. The molecular weight excluding hydrogens is 306 g/mol. The zero-order valence-electron chi connectivity index (χ0n) is 13.3. The minimum atomic E-state index is -0.256. The maximum atomic E-state index is 12.7. The lowest BCUT2D eigenvalue weighted by Crippen LogP contribution is -2.28. The largest absolute Gasteiger partial charge is 0.298 e. The van der Waals surface area contributed by atoms with Crippen molar-refractivity contribution in [3.05, 3.63) is 69.6 Å². The average molecular weight is 323 g/mol. The first kappa shape index (κ1) is 15.6. The maximum absolute atomic E-state index is 12.7. The summed E-state index contributed by atoms with van der Waals surface area (Å²) in [6.45, 7) is 5.90. The fraction of sp³-hybridized carbons (Fsp3) is 0.158. The second-order valence-corrected chi connectivity index (χ2v) is 6.71. The molecule has 23 heavy (non-hydrogen) atoms. The lowest BCUT2D eigenvalue weighted by molar-refractivity contribution is -0.113. The second kappa shape index (κ2) is 6.05. The van der Waals surface area contributed by atoms with Crippen molar-refractivity contribution in [3.63, 3.8) is 0 Å². The van der Waals surface area contributed by atoms with Crippen LogP contribution in [0.4, 0.5) is 10.5 Å². The van der Waals surface area contributed by atoms with Crippen molar-refractivity contribution in [3.8, 4) is 0 Å². The first-order valence-corrected chi connectivity index (χ1v) is 8.19. The zero-order valence-corrected chi connectivity index (χ0v) is 14.1. The van der Waals surface area contributed by atoms with Gasteiger partial charge in [-0.15, -0.1) is 0 Å². The number of carbonyl (C=O) groups is 2. The summed E-state index contributed by atoms with van der Waals surface area (Å²) >= 11 is 0.989. The molecule has 0 unspecified atom stereocenters. The van der Waals surface area contributed by atoms with E-state index in [1.807, 2.05) is 63.2 Å². The Bertz CT molecular complexity index is 839. The average Bonchev–Trinajstić information content (AvgIpc) is 2.74. The van der Waals surface area contributed by atoms with E-state index >= 15 is 0 Å². The number of thioether (sulfide) groups is 1. The van der Waals surface area contributed by atoms with Crippen LogP contribution in [0.5, 0.6) is 0 Å². The van der Waals surface area contributed by atoms with Crippen molar-refractivity contribution in [1.29, 1.82) is 0 Å². The molecule has 0 spiro atoms. The summed E-state index contributed by atoms with van der Waals surface area (Å²) in [6, 6.07) is 13.6. The van der Waals surface area contributed by atoms with Crippen LogP contribution in [0.25, 0.3) is 6.08 Å². The molecule has 2 aromatic carbocycles. The summed E-state index contributed by atoms with van der Waals surface area (Å²) in [6.07, 6.45) is 1.78. The predicted octanol–water partition coefficient (Wildman–Crippen LogP) is 4.85. The number of imide groups is 1. The molecule has 1 saturated heterocycles. The van der Waals surface area contributed by atoms with Crippen LogP contribution in [-0.2, 0) is 4.79 Å². The van der Waals surface area contributed by atoms with Gasteiger partial charge in [0.25, 0.3) is 11.1 Å². The van der Waals surface area contributed by atoms with E-state index in [4.69, 9.17) is 0 Å². The number of amides is 2. The van der Waals surface area contributed by atoms with Gasteiger partial charge in [-0.1, -0.05) is 47.5 Å². The van der Waals surface area contributed by atoms with Crippen LogP contribution >= 0.6 is 11.8 Å². The molecule has 0 atom stereocenters. The Hall–Kier alpha value is -2.33. The smallest absolute Gasteiger partial charge is 0.268 e. The predicted molar refractivity (Wildman–Crippen MR) is 95.5 cm³/mol. The Kier molecular flexibility index (Phi) is 4.09. The topological polar surface area (TPSA) is 37.4 Å². The van der Waals surface area contributed by atoms with Gasteiger partial charge in [0.2, 0.25) is 0 Å². The van der Waals surface area contributed by atoms with Crippen molar-refractivity contribution < 1.29 is 9.59 Å². The molecule has 2 amide bonds. The quantitative estimate of drug-likeness (QED) is 0.741. The number of rotatable bonds is 2. The standard InChI is InChI=1S/C19H17NO2S/c1-12-5-4-6-15(10-12)11-17-18(21)20(19(22)23-17)16-8-7-13(2)9-14(16)3/h4-11H,1-3H3/b17-11-. The Morgan fingerprint density at radius 3 is 2.39 bits per heavy atom. The molecule has 0 saturated carbocycles. The van der Waals surface area contributed by atoms with E-state index < -0.39 is 0 Å². The molecular formula is C19H17NO2S. The van der Waals surface area contributed by atoms with Crippen molar-refractivity contribution in [2.24, 2.45) is 0 Å². The minimum absolute atomic E-state index is 0.249. The van der Waals surface area contributed by atoms with E-state index in [2.05, 4.69) is 0 Å². The lowest BCUT2D eigenvalue weighted by atomic mass is 10.1. The molecule has 1 heterocycles. The van der Waals surface area contributed by atoms with E-state index in [1.165, 1.54) is 4.90 Å². The lowest BCUT2D eigenvalue weighted by Gasteiger charge is -2.15. The Balaban J connectivity index is 1.97. The number of carbonyl (C=O) groups excluding carboxylic acids is 2. The number of hydrogen-bond donors (Lipinski definition) is 0. The molecule has 0 bridgehead atoms. The van der Waals surface area contributed by atoms with Gasteiger partial charge >= 0.3 is 0 Å². The molecule has 1 aliphatic rings. The van der Waals surface area contributed by atoms with Crippen LogP contribution < -0.4 is 4.90 Å². The van der Waals surface area contributed by atoms with Gasteiger partial charge in [-0.05, 0) is 55.8 Å². The molecule has 0 N–H and O–H groups in total. The van der Waals surface area contributed by atoms with Gasteiger partial charge in [-0.25, -0.2) is 4.90 Å². The minimum Gasteiger partial charge on any atom is -0.268 e. The number of anilines is 1. The molecule has 3 nitrogen and oxygen atoms in total. The van der Waals surface area contributed by atoms with Crippen LogP contribution in [0, 0.1) is 20.8 Å². The molecule has 1 fully saturated rings. The van der Waals surface area contributed by atoms with Crippen LogP contribution in [0.3, 0.4) is 0 Å². The first-order chi connectivity index (χ1) is 11.0. The molecule has 0 radical (unpaired) electrons. The van der Waals surface area contributed by atoms with Gasteiger partial charge in [0, 0.05) is 0 Å². The molecule has 0 aliphatic carbocycles.